The topological polar surface area (TPSA) is 108 Å². The Bertz CT molecular complexity index is 720. The number of alkyl halides is 1. The zero-order chi connectivity index (χ0) is 16.8. The maximum absolute atomic E-state index is 15.2. The van der Waals surface area contributed by atoms with E-state index < -0.39 is 23.9 Å². The zero-order valence-electron chi connectivity index (χ0n) is 13.2. The lowest BCUT2D eigenvalue weighted by molar-refractivity contribution is -0.0565. The minimum absolute atomic E-state index is 0.00742. The summed E-state index contributed by atoms with van der Waals surface area (Å²) in [6.07, 6.45) is -0.141. The molecule has 0 aliphatic carbocycles. The van der Waals surface area contributed by atoms with Gasteiger partial charge in [0.2, 0.25) is 11.8 Å². The van der Waals surface area contributed by atoms with Crippen LogP contribution >= 0.6 is 0 Å². The van der Waals surface area contributed by atoms with Crippen molar-refractivity contribution < 1.29 is 19.0 Å². The highest BCUT2D eigenvalue weighted by molar-refractivity contribution is 5.77. The van der Waals surface area contributed by atoms with Crippen LogP contribution in [0.25, 0.3) is 11.2 Å². The number of nitrogens with zero attached hydrogens (tertiary/aromatic N) is 4. The third-order valence-electron chi connectivity index (χ3n) is 4.35. The first kappa shape index (κ1) is 15.9. The molecule has 1 aliphatic heterocycles. The second-order valence-electron chi connectivity index (χ2n) is 5.79. The molecular weight excluding hydrogens is 305 g/mol. The number of aliphatic hydroxyl groups excluding tert-OH is 1. The lowest BCUT2D eigenvalue weighted by Crippen LogP contribution is -2.34. The molecule has 3 heterocycles. The average Bonchev–Trinajstić information content (AvgIpc) is 3.00. The van der Waals surface area contributed by atoms with E-state index in [1.165, 1.54) is 17.8 Å². The fourth-order valence-electron chi connectivity index (χ4n) is 2.86. The van der Waals surface area contributed by atoms with Gasteiger partial charge in [0.05, 0.1) is 25.6 Å². The first-order chi connectivity index (χ1) is 10.9. The monoisotopic (exact) mass is 325 g/mol. The van der Waals surface area contributed by atoms with Crippen LogP contribution < -0.4 is 10.5 Å². The quantitative estimate of drug-likeness (QED) is 0.865. The second-order valence-corrected chi connectivity index (χ2v) is 5.79. The van der Waals surface area contributed by atoms with Gasteiger partial charge < -0.3 is 20.3 Å². The molecule has 0 aromatic carbocycles. The number of halogens is 1. The lowest BCUT2D eigenvalue weighted by Gasteiger charge is -2.25. The molecule has 4 atom stereocenters. The first-order valence-corrected chi connectivity index (χ1v) is 7.48. The molecule has 3 N–H and O–H groups in total. The van der Waals surface area contributed by atoms with Gasteiger partial charge in [0.15, 0.2) is 23.1 Å². The first-order valence-electron chi connectivity index (χ1n) is 7.48. The summed E-state index contributed by atoms with van der Waals surface area (Å²) < 4.78 is 27.7. The van der Waals surface area contributed by atoms with Gasteiger partial charge in [0.25, 0.3) is 0 Å². The molecule has 2 aromatic heterocycles. The van der Waals surface area contributed by atoms with Crippen LogP contribution in [0.3, 0.4) is 0 Å². The Balaban J connectivity index is 2.10. The Morgan fingerprint density at radius 3 is 2.87 bits per heavy atom. The van der Waals surface area contributed by atoms with E-state index in [0.717, 1.165) is 0 Å². The van der Waals surface area contributed by atoms with E-state index in [1.807, 2.05) is 6.92 Å². The highest BCUT2D eigenvalue weighted by atomic mass is 19.1. The van der Waals surface area contributed by atoms with Crippen LogP contribution in [0.5, 0.6) is 5.88 Å². The van der Waals surface area contributed by atoms with Crippen molar-refractivity contribution in [1.82, 2.24) is 19.5 Å². The Kier molecular flexibility index (Phi) is 3.85. The van der Waals surface area contributed by atoms with Gasteiger partial charge in [-0.25, -0.2) is 9.37 Å². The standard InChI is InChI=1S/C14H20FN5O3/c1-4-22-11-9-10(18-13(16)19-11)20(6-17-9)12-14(3,15)7(2)8(5-21)23-12/h6-8,12,21H,4-5H2,1-3H3,(H2,16,18,19)/t7-,8-,12-,14?/m1/s1. The van der Waals surface area contributed by atoms with Crippen molar-refractivity contribution in [1.29, 1.82) is 0 Å². The van der Waals surface area contributed by atoms with E-state index in [-0.39, 0.29) is 18.4 Å². The predicted molar refractivity (Wildman–Crippen MR) is 80.6 cm³/mol. The molecular formula is C14H20FN5O3. The van der Waals surface area contributed by atoms with Crippen LogP contribution in [0.4, 0.5) is 10.3 Å². The number of imidazole rings is 1. The van der Waals surface area contributed by atoms with Crippen molar-refractivity contribution in [2.45, 2.75) is 38.8 Å². The summed E-state index contributed by atoms with van der Waals surface area (Å²) in [6.45, 7) is 5.09. The van der Waals surface area contributed by atoms with Crippen LogP contribution in [-0.4, -0.2) is 49.6 Å². The van der Waals surface area contributed by atoms with Gasteiger partial charge in [0.1, 0.15) is 0 Å². The Hall–Kier alpha value is -2.00. The van der Waals surface area contributed by atoms with Gasteiger partial charge in [-0.05, 0) is 13.8 Å². The maximum atomic E-state index is 15.2. The molecule has 2 aromatic rings. The van der Waals surface area contributed by atoms with Crippen molar-refractivity contribution in [3.05, 3.63) is 6.33 Å². The van der Waals surface area contributed by atoms with E-state index >= 15 is 4.39 Å². The Morgan fingerprint density at radius 2 is 2.26 bits per heavy atom. The number of rotatable bonds is 4. The van der Waals surface area contributed by atoms with Crippen LogP contribution in [-0.2, 0) is 4.74 Å². The summed E-state index contributed by atoms with van der Waals surface area (Å²) in [5, 5.41) is 9.37. The normalized spacial score (nSPS) is 30.9. The molecule has 1 aliphatic rings. The SMILES string of the molecule is CCOc1nc(N)nc2c1ncn2[C@@H]1O[C@H](CO)[C@@H](C)C1(C)F. The molecule has 0 saturated carbocycles. The van der Waals surface area contributed by atoms with Crippen LogP contribution in [0.1, 0.15) is 27.0 Å². The number of nitrogens with two attached hydrogens (primary N) is 1. The Labute approximate surface area is 132 Å². The van der Waals surface area contributed by atoms with Gasteiger partial charge >= 0.3 is 0 Å². The molecule has 126 valence electrons. The molecule has 1 fully saturated rings. The number of hydrogen-bond donors (Lipinski definition) is 2. The third kappa shape index (κ3) is 2.40. The maximum Gasteiger partial charge on any atom is 0.247 e. The molecule has 3 rings (SSSR count). The predicted octanol–water partition coefficient (Wildman–Crippen LogP) is 1.06. The van der Waals surface area contributed by atoms with Gasteiger partial charge in [-0.1, -0.05) is 6.92 Å². The summed E-state index contributed by atoms with van der Waals surface area (Å²) in [7, 11) is 0. The van der Waals surface area contributed by atoms with Gasteiger partial charge in [0, 0.05) is 5.92 Å². The van der Waals surface area contributed by atoms with Crippen molar-refractivity contribution >= 4 is 17.1 Å². The highest BCUT2D eigenvalue weighted by Gasteiger charge is 2.53. The molecule has 8 nitrogen and oxygen atoms in total. The third-order valence-corrected chi connectivity index (χ3v) is 4.35. The van der Waals surface area contributed by atoms with Crippen LogP contribution in [0, 0.1) is 5.92 Å². The van der Waals surface area contributed by atoms with Crippen molar-refractivity contribution in [2.75, 3.05) is 18.9 Å². The average molecular weight is 325 g/mol. The van der Waals surface area contributed by atoms with Crippen LogP contribution in [0.2, 0.25) is 0 Å². The number of fused-ring (bicyclic) bond motifs is 1. The molecule has 0 amide bonds. The van der Waals surface area contributed by atoms with E-state index in [4.69, 9.17) is 15.2 Å². The van der Waals surface area contributed by atoms with Crippen molar-refractivity contribution in [3.63, 3.8) is 0 Å². The van der Waals surface area contributed by atoms with E-state index in [0.29, 0.717) is 17.8 Å². The number of aromatic nitrogens is 4. The molecule has 1 saturated heterocycles. The number of ether oxygens (including phenoxy) is 2. The van der Waals surface area contributed by atoms with Gasteiger partial charge in [-0.2, -0.15) is 9.97 Å². The van der Waals surface area contributed by atoms with E-state index in [1.54, 1.807) is 6.92 Å². The number of aliphatic hydroxyl groups is 1. The fourth-order valence-corrected chi connectivity index (χ4v) is 2.86. The van der Waals surface area contributed by atoms with E-state index in [2.05, 4.69) is 15.0 Å². The Morgan fingerprint density at radius 1 is 1.52 bits per heavy atom. The summed E-state index contributed by atoms with van der Waals surface area (Å²) in [6, 6.07) is 0. The largest absolute Gasteiger partial charge is 0.476 e. The van der Waals surface area contributed by atoms with Gasteiger partial charge in [-0.15, -0.1) is 0 Å². The van der Waals surface area contributed by atoms with Crippen LogP contribution in [0.15, 0.2) is 6.33 Å². The summed E-state index contributed by atoms with van der Waals surface area (Å²) in [5.41, 5.74) is 4.73. The molecule has 9 heteroatoms. The lowest BCUT2D eigenvalue weighted by atomic mass is 9.90. The van der Waals surface area contributed by atoms with E-state index in [9.17, 15) is 5.11 Å². The molecule has 0 spiro atoms. The minimum Gasteiger partial charge on any atom is -0.476 e. The zero-order valence-corrected chi connectivity index (χ0v) is 13.2. The summed E-state index contributed by atoms with van der Waals surface area (Å²) in [4.78, 5) is 12.4. The molecule has 1 unspecified atom stereocenters. The smallest absolute Gasteiger partial charge is 0.247 e. The minimum atomic E-state index is -1.70. The highest BCUT2D eigenvalue weighted by Crippen LogP contribution is 2.46. The number of nitrogen functional groups attached to an aromatic ring is 1. The molecule has 23 heavy (non-hydrogen) atoms. The molecule has 0 bridgehead atoms. The van der Waals surface area contributed by atoms with Crippen molar-refractivity contribution in [3.8, 4) is 5.88 Å². The second kappa shape index (κ2) is 5.57. The van der Waals surface area contributed by atoms with Gasteiger partial charge in [-0.3, -0.25) is 4.57 Å². The molecule has 0 radical (unpaired) electrons. The number of anilines is 1. The fraction of sp³-hybridized carbons (Fsp3) is 0.643. The summed E-state index contributed by atoms with van der Waals surface area (Å²) in [5.74, 6) is -0.229. The number of hydrogen-bond acceptors (Lipinski definition) is 7. The summed E-state index contributed by atoms with van der Waals surface area (Å²) >= 11 is 0. The van der Waals surface area contributed by atoms with Crippen molar-refractivity contribution in [2.24, 2.45) is 5.92 Å².